The Kier molecular flexibility index (Phi) is 3.22. The Hall–Kier alpha value is -2.27. The first-order chi connectivity index (χ1) is 9.97. The third kappa shape index (κ3) is 2.29. The number of carbonyl (C=O) groups is 2. The number of rotatable bonds is 2. The van der Waals surface area contributed by atoms with Crippen molar-refractivity contribution < 1.29 is 18.4 Å². The highest BCUT2D eigenvalue weighted by atomic mass is 35.5. The molecular weight excluding hydrogens is 300 g/mol. The van der Waals surface area contributed by atoms with Crippen molar-refractivity contribution in [3.05, 3.63) is 64.2 Å². The van der Waals surface area contributed by atoms with Crippen LogP contribution < -0.4 is 4.90 Å². The summed E-state index contributed by atoms with van der Waals surface area (Å²) < 4.78 is 27.0. The van der Waals surface area contributed by atoms with Crippen LogP contribution in [-0.4, -0.2) is 11.7 Å². The molecule has 6 heteroatoms. The minimum atomic E-state index is -1.03. The van der Waals surface area contributed by atoms with Gasteiger partial charge in [0.05, 0.1) is 17.8 Å². The molecule has 0 N–H and O–H groups in total. The summed E-state index contributed by atoms with van der Waals surface area (Å²) in [6.45, 7) is 0.0149. The van der Waals surface area contributed by atoms with Crippen LogP contribution in [0.4, 0.5) is 14.5 Å². The molecule has 0 spiro atoms. The van der Waals surface area contributed by atoms with E-state index in [1.807, 2.05) is 0 Å². The first kappa shape index (κ1) is 13.7. The summed E-state index contributed by atoms with van der Waals surface area (Å²) in [5.41, 5.74) is 0.215. The second kappa shape index (κ2) is 4.93. The fraction of sp³-hybridized carbons (Fsp3) is 0.0667. The van der Waals surface area contributed by atoms with Gasteiger partial charge in [-0.15, -0.1) is 0 Å². The Morgan fingerprint density at radius 2 is 1.86 bits per heavy atom. The number of ketones is 1. The van der Waals surface area contributed by atoms with Gasteiger partial charge in [-0.3, -0.25) is 9.59 Å². The highest BCUT2D eigenvalue weighted by molar-refractivity contribution is 6.52. The Labute approximate surface area is 123 Å². The first-order valence-electron chi connectivity index (χ1n) is 6.07. The van der Waals surface area contributed by atoms with Gasteiger partial charge < -0.3 is 4.90 Å². The van der Waals surface area contributed by atoms with Crippen molar-refractivity contribution >= 4 is 29.0 Å². The van der Waals surface area contributed by atoms with Crippen molar-refractivity contribution in [1.82, 2.24) is 0 Å². The number of hydrogen-bond donors (Lipinski definition) is 0. The zero-order valence-electron chi connectivity index (χ0n) is 10.6. The van der Waals surface area contributed by atoms with E-state index in [-0.39, 0.29) is 17.8 Å². The van der Waals surface area contributed by atoms with Gasteiger partial charge in [0.15, 0.2) is 0 Å². The predicted molar refractivity (Wildman–Crippen MR) is 73.3 cm³/mol. The van der Waals surface area contributed by atoms with Crippen molar-refractivity contribution in [2.75, 3.05) is 4.90 Å². The summed E-state index contributed by atoms with van der Waals surface area (Å²) in [6, 6.07) is 8.24. The standard InChI is InChI=1S/C15H8ClF2NO2/c16-9-3-1-2-8(4-9)7-19-12-6-10(17)5-11(18)13(12)14(20)15(19)21/h1-6H,7H2. The molecule has 1 amide bonds. The van der Waals surface area contributed by atoms with Crippen molar-refractivity contribution in [2.45, 2.75) is 6.54 Å². The van der Waals surface area contributed by atoms with Gasteiger partial charge in [-0.25, -0.2) is 8.78 Å². The normalized spacial score (nSPS) is 13.8. The van der Waals surface area contributed by atoms with Crippen LogP contribution >= 0.6 is 11.6 Å². The number of Topliss-reactive ketones (excluding diaryl/α,β-unsaturated/α-hetero) is 1. The lowest BCUT2D eigenvalue weighted by Gasteiger charge is -2.16. The molecule has 106 valence electrons. The monoisotopic (exact) mass is 307 g/mol. The maximum atomic E-state index is 13.7. The van der Waals surface area contributed by atoms with Gasteiger partial charge in [0, 0.05) is 11.1 Å². The maximum Gasteiger partial charge on any atom is 0.299 e. The second-order valence-electron chi connectivity index (χ2n) is 4.63. The summed E-state index contributed by atoms with van der Waals surface area (Å²) in [5.74, 6) is -3.72. The van der Waals surface area contributed by atoms with Gasteiger partial charge in [0.25, 0.3) is 11.7 Å². The van der Waals surface area contributed by atoms with E-state index in [0.717, 1.165) is 11.0 Å². The third-order valence-electron chi connectivity index (χ3n) is 3.22. The van der Waals surface area contributed by atoms with Crippen molar-refractivity contribution in [3.63, 3.8) is 0 Å². The van der Waals surface area contributed by atoms with E-state index in [2.05, 4.69) is 0 Å². The molecule has 2 aromatic rings. The number of fused-ring (bicyclic) bond motifs is 1. The highest BCUT2D eigenvalue weighted by Crippen LogP contribution is 2.33. The molecule has 0 aliphatic carbocycles. The van der Waals surface area contributed by atoms with E-state index in [1.165, 1.54) is 0 Å². The third-order valence-corrected chi connectivity index (χ3v) is 3.46. The molecule has 1 aliphatic heterocycles. The van der Waals surface area contributed by atoms with Crippen LogP contribution in [0.2, 0.25) is 5.02 Å². The molecule has 3 nitrogen and oxygen atoms in total. The van der Waals surface area contributed by atoms with Crippen LogP contribution in [0, 0.1) is 11.6 Å². The SMILES string of the molecule is O=C1C(=O)N(Cc2cccc(Cl)c2)c2cc(F)cc(F)c21. The number of halogens is 3. The molecular formula is C15H8ClF2NO2. The number of hydrogen-bond acceptors (Lipinski definition) is 2. The molecule has 0 radical (unpaired) electrons. The van der Waals surface area contributed by atoms with Crippen LogP contribution in [0.25, 0.3) is 0 Å². The minimum absolute atomic E-state index is 0.0149. The lowest BCUT2D eigenvalue weighted by Crippen LogP contribution is -2.29. The highest BCUT2D eigenvalue weighted by Gasteiger charge is 2.38. The Morgan fingerprint density at radius 1 is 1.10 bits per heavy atom. The molecule has 0 fully saturated rings. The second-order valence-corrected chi connectivity index (χ2v) is 5.07. The predicted octanol–water partition coefficient (Wildman–Crippen LogP) is 3.35. The number of anilines is 1. The van der Waals surface area contributed by atoms with Crippen molar-refractivity contribution in [3.8, 4) is 0 Å². The van der Waals surface area contributed by atoms with E-state index in [4.69, 9.17) is 11.6 Å². The quantitative estimate of drug-likeness (QED) is 0.798. The largest absolute Gasteiger partial charge is 0.300 e. The summed E-state index contributed by atoms with van der Waals surface area (Å²) in [7, 11) is 0. The zero-order valence-corrected chi connectivity index (χ0v) is 11.3. The van der Waals surface area contributed by atoms with Crippen LogP contribution in [0.5, 0.6) is 0 Å². The van der Waals surface area contributed by atoms with Crippen LogP contribution in [-0.2, 0) is 11.3 Å². The van der Waals surface area contributed by atoms with Gasteiger partial charge in [-0.2, -0.15) is 0 Å². The molecule has 0 aromatic heterocycles. The van der Waals surface area contributed by atoms with Gasteiger partial charge >= 0.3 is 0 Å². The summed E-state index contributed by atoms with van der Waals surface area (Å²) in [4.78, 5) is 24.8. The Bertz CT molecular complexity index is 776. The fourth-order valence-corrected chi connectivity index (χ4v) is 2.52. The van der Waals surface area contributed by atoms with Gasteiger partial charge in [-0.05, 0) is 23.8 Å². The number of carbonyl (C=O) groups excluding carboxylic acids is 2. The topological polar surface area (TPSA) is 37.4 Å². The van der Waals surface area contributed by atoms with Crippen LogP contribution in [0.15, 0.2) is 36.4 Å². The molecule has 2 aromatic carbocycles. The van der Waals surface area contributed by atoms with Gasteiger partial charge in [0.1, 0.15) is 11.6 Å². The number of nitrogens with zero attached hydrogens (tertiary/aromatic N) is 1. The molecule has 3 rings (SSSR count). The fourth-order valence-electron chi connectivity index (χ4n) is 2.31. The Balaban J connectivity index is 2.05. The molecule has 0 saturated heterocycles. The molecule has 0 atom stereocenters. The molecule has 21 heavy (non-hydrogen) atoms. The lowest BCUT2D eigenvalue weighted by atomic mass is 10.1. The zero-order chi connectivity index (χ0) is 15.1. The first-order valence-corrected chi connectivity index (χ1v) is 6.45. The van der Waals surface area contributed by atoms with Crippen LogP contribution in [0.1, 0.15) is 15.9 Å². The molecule has 1 aliphatic rings. The average Bonchev–Trinajstić information content (AvgIpc) is 2.64. The molecule has 0 saturated carbocycles. The smallest absolute Gasteiger partial charge is 0.299 e. The summed E-state index contributed by atoms with van der Waals surface area (Å²) in [5, 5.41) is 0.469. The van der Waals surface area contributed by atoms with Crippen LogP contribution in [0.3, 0.4) is 0 Å². The maximum absolute atomic E-state index is 13.7. The summed E-state index contributed by atoms with van der Waals surface area (Å²) >= 11 is 5.86. The van der Waals surface area contributed by atoms with E-state index < -0.39 is 23.3 Å². The van der Waals surface area contributed by atoms with Crippen molar-refractivity contribution in [1.29, 1.82) is 0 Å². The van der Waals surface area contributed by atoms with E-state index in [1.54, 1.807) is 24.3 Å². The number of amides is 1. The average molecular weight is 308 g/mol. The molecule has 0 unspecified atom stereocenters. The molecule has 1 heterocycles. The van der Waals surface area contributed by atoms with Crippen molar-refractivity contribution in [2.24, 2.45) is 0 Å². The van der Waals surface area contributed by atoms with E-state index in [9.17, 15) is 18.4 Å². The lowest BCUT2D eigenvalue weighted by molar-refractivity contribution is -0.114. The van der Waals surface area contributed by atoms with Gasteiger partial charge in [0.2, 0.25) is 0 Å². The molecule has 0 bridgehead atoms. The van der Waals surface area contributed by atoms with E-state index in [0.29, 0.717) is 16.7 Å². The Morgan fingerprint density at radius 3 is 2.57 bits per heavy atom. The van der Waals surface area contributed by atoms with Gasteiger partial charge in [-0.1, -0.05) is 23.7 Å². The number of benzene rings is 2. The minimum Gasteiger partial charge on any atom is -0.300 e. The van der Waals surface area contributed by atoms with E-state index >= 15 is 0 Å². The summed E-state index contributed by atoms with van der Waals surface area (Å²) in [6.07, 6.45) is 0.